The van der Waals surface area contributed by atoms with E-state index >= 15 is 0 Å². The lowest BCUT2D eigenvalue weighted by atomic mass is 9.90. The van der Waals surface area contributed by atoms with E-state index in [2.05, 4.69) is 24.2 Å². The Hall–Kier alpha value is -1.55. The standard InChI is InChI=1S/C17H25N3O/c1-12-11-20(2)10-7-15(12)19-16(21)17(8-9-17)13-3-5-14(18)6-4-13/h3-6,12,15H,7-11,18H2,1-2H3,(H,19,21). The van der Waals surface area contributed by atoms with Crippen LogP contribution >= 0.6 is 0 Å². The number of nitrogens with two attached hydrogens (primary N) is 1. The van der Waals surface area contributed by atoms with Crippen molar-refractivity contribution in [3.05, 3.63) is 29.8 Å². The van der Waals surface area contributed by atoms with Gasteiger partial charge in [-0.25, -0.2) is 0 Å². The minimum atomic E-state index is -0.295. The topological polar surface area (TPSA) is 58.4 Å². The summed E-state index contributed by atoms with van der Waals surface area (Å²) in [6.07, 6.45) is 2.94. The summed E-state index contributed by atoms with van der Waals surface area (Å²) in [6.45, 7) is 4.34. The molecule has 1 saturated carbocycles. The van der Waals surface area contributed by atoms with Crippen molar-refractivity contribution in [2.24, 2.45) is 5.92 Å². The van der Waals surface area contributed by atoms with Gasteiger partial charge < -0.3 is 16.0 Å². The van der Waals surface area contributed by atoms with E-state index in [1.165, 1.54) is 0 Å². The average Bonchev–Trinajstić information content (AvgIpc) is 3.24. The number of nitrogens with one attached hydrogen (secondary N) is 1. The zero-order valence-electron chi connectivity index (χ0n) is 12.9. The Morgan fingerprint density at radius 3 is 2.57 bits per heavy atom. The summed E-state index contributed by atoms with van der Waals surface area (Å²) in [5, 5.41) is 3.31. The molecule has 0 radical (unpaired) electrons. The molecule has 0 bridgehead atoms. The molecule has 1 aromatic carbocycles. The third kappa shape index (κ3) is 2.77. The number of rotatable bonds is 3. The van der Waals surface area contributed by atoms with Gasteiger partial charge in [-0.3, -0.25) is 4.79 Å². The molecule has 0 spiro atoms. The molecule has 1 aliphatic carbocycles. The highest BCUT2D eigenvalue weighted by molar-refractivity contribution is 5.91. The Kier molecular flexibility index (Phi) is 3.66. The molecule has 1 amide bonds. The fourth-order valence-corrected chi connectivity index (χ4v) is 3.45. The fourth-order valence-electron chi connectivity index (χ4n) is 3.45. The Balaban J connectivity index is 1.69. The third-order valence-electron chi connectivity index (χ3n) is 5.07. The molecule has 1 saturated heterocycles. The summed E-state index contributed by atoms with van der Waals surface area (Å²) in [5.41, 5.74) is 7.30. The predicted molar refractivity (Wildman–Crippen MR) is 85.0 cm³/mol. The molecule has 1 aromatic rings. The lowest BCUT2D eigenvalue weighted by molar-refractivity contribution is -0.125. The number of nitrogens with zero attached hydrogens (tertiary/aromatic N) is 1. The molecule has 1 aliphatic heterocycles. The molecule has 3 rings (SSSR count). The van der Waals surface area contributed by atoms with Crippen LogP contribution in [0.25, 0.3) is 0 Å². The number of hydrogen-bond acceptors (Lipinski definition) is 3. The Morgan fingerprint density at radius 1 is 1.33 bits per heavy atom. The van der Waals surface area contributed by atoms with Gasteiger partial charge in [0.1, 0.15) is 0 Å². The van der Waals surface area contributed by atoms with E-state index in [1.54, 1.807) is 0 Å². The van der Waals surface area contributed by atoms with E-state index in [-0.39, 0.29) is 11.3 Å². The van der Waals surface area contributed by atoms with Crippen molar-refractivity contribution in [1.82, 2.24) is 10.2 Å². The van der Waals surface area contributed by atoms with Crippen LogP contribution in [0.5, 0.6) is 0 Å². The van der Waals surface area contributed by atoms with E-state index in [9.17, 15) is 4.79 Å². The first-order valence-electron chi connectivity index (χ1n) is 7.87. The van der Waals surface area contributed by atoms with Crippen LogP contribution in [0.1, 0.15) is 31.7 Å². The molecule has 4 heteroatoms. The van der Waals surface area contributed by atoms with Crippen LogP contribution in [0.3, 0.4) is 0 Å². The van der Waals surface area contributed by atoms with E-state index in [4.69, 9.17) is 5.73 Å². The van der Waals surface area contributed by atoms with E-state index in [0.717, 1.165) is 43.6 Å². The molecule has 2 unspecified atom stereocenters. The molecule has 114 valence electrons. The van der Waals surface area contributed by atoms with Crippen LogP contribution in [0.15, 0.2) is 24.3 Å². The molecule has 2 fully saturated rings. The largest absolute Gasteiger partial charge is 0.399 e. The quantitative estimate of drug-likeness (QED) is 0.833. The summed E-state index contributed by atoms with van der Waals surface area (Å²) < 4.78 is 0. The van der Waals surface area contributed by atoms with Gasteiger partial charge >= 0.3 is 0 Å². The second kappa shape index (κ2) is 5.34. The van der Waals surface area contributed by atoms with Gasteiger partial charge in [0.15, 0.2) is 0 Å². The molecule has 4 nitrogen and oxygen atoms in total. The number of carbonyl (C=O) groups is 1. The van der Waals surface area contributed by atoms with Crippen molar-refractivity contribution in [1.29, 1.82) is 0 Å². The number of piperidine rings is 1. The second-order valence-electron chi connectivity index (χ2n) is 6.81. The number of hydrogen-bond donors (Lipinski definition) is 2. The molecule has 2 aliphatic rings. The van der Waals surface area contributed by atoms with Gasteiger partial charge in [-0.15, -0.1) is 0 Å². The number of amides is 1. The molecule has 2 atom stereocenters. The first-order valence-corrected chi connectivity index (χ1v) is 7.87. The van der Waals surface area contributed by atoms with Crippen molar-refractivity contribution < 1.29 is 4.79 Å². The minimum absolute atomic E-state index is 0.202. The summed E-state index contributed by atoms with van der Waals surface area (Å²) >= 11 is 0. The SMILES string of the molecule is CC1CN(C)CCC1NC(=O)C1(c2ccc(N)cc2)CC1. The maximum atomic E-state index is 12.8. The van der Waals surface area contributed by atoms with E-state index < -0.39 is 0 Å². The van der Waals surface area contributed by atoms with Crippen molar-refractivity contribution in [2.45, 2.75) is 37.6 Å². The normalized spacial score (nSPS) is 28.1. The molecular weight excluding hydrogens is 262 g/mol. The highest BCUT2D eigenvalue weighted by Gasteiger charge is 2.51. The third-order valence-corrected chi connectivity index (χ3v) is 5.07. The van der Waals surface area contributed by atoms with Crippen molar-refractivity contribution in [3.63, 3.8) is 0 Å². The van der Waals surface area contributed by atoms with Crippen molar-refractivity contribution in [3.8, 4) is 0 Å². The molecule has 1 heterocycles. The van der Waals surface area contributed by atoms with Crippen molar-refractivity contribution in [2.75, 3.05) is 25.9 Å². The smallest absolute Gasteiger partial charge is 0.230 e. The van der Waals surface area contributed by atoms with Gasteiger partial charge in [-0.05, 0) is 56.5 Å². The molecular formula is C17H25N3O. The monoisotopic (exact) mass is 287 g/mol. The maximum Gasteiger partial charge on any atom is 0.230 e. The second-order valence-corrected chi connectivity index (χ2v) is 6.81. The first-order chi connectivity index (χ1) is 10.0. The number of likely N-dealkylation sites (tertiary alicyclic amines) is 1. The van der Waals surface area contributed by atoms with E-state index in [0.29, 0.717) is 12.0 Å². The van der Waals surface area contributed by atoms with Gasteiger partial charge in [0.05, 0.1) is 5.41 Å². The highest BCUT2D eigenvalue weighted by Crippen LogP contribution is 2.48. The zero-order valence-corrected chi connectivity index (χ0v) is 12.9. The summed E-state index contributed by atoms with van der Waals surface area (Å²) in [5.74, 6) is 0.712. The number of carbonyl (C=O) groups excluding carboxylic acids is 1. The summed E-state index contributed by atoms with van der Waals surface area (Å²) in [6, 6.07) is 8.09. The molecule has 3 N–H and O–H groups in total. The first kappa shape index (κ1) is 14.4. The predicted octanol–water partition coefficient (Wildman–Crippen LogP) is 1.76. The Labute approximate surface area is 126 Å². The Bertz CT molecular complexity index is 521. The van der Waals surface area contributed by atoms with Crippen LogP contribution < -0.4 is 11.1 Å². The van der Waals surface area contributed by atoms with Gasteiger partial charge in [-0.1, -0.05) is 19.1 Å². The zero-order chi connectivity index (χ0) is 15.0. The van der Waals surface area contributed by atoms with Crippen LogP contribution in [0.4, 0.5) is 5.69 Å². The summed E-state index contributed by atoms with van der Waals surface area (Å²) in [4.78, 5) is 15.1. The maximum absolute atomic E-state index is 12.8. The summed E-state index contributed by atoms with van der Waals surface area (Å²) in [7, 11) is 2.14. The number of benzene rings is 1. The minimum Gasteiger partial charge on any atom is -0.399 e. The lowest BCUT2D eigenvalue weighted by Gasteiger charge is -2.36. The van der Waals surface area contributed by atoms with Crippen LogP contribution in [-0.4, -0.2) is 37.0 Å². The molecule has 21 heavy (non-hydrogen) atoms. The van der Waals surface area contributed by atoms with Gasteiger partial charge in [0.25, 0.3) is 0 Å². The highest BCUT2D eigenvalue weighted by atomic mass is 16.2. The van der Waals surface area contributed by atoms with Gasteiger partial charge in [0.2, 0.25) is 5.91 Å². The van der Waals surface area contributed by atoms with Crippen molar-refractivity contribution >= 4 is 11.6 Å². The van der Waals surface area contributed by atoms with Crippen LogP contribution in [-0.2, 0) is 10.2 Å². The van der Waals surface area contributed by atoms with Crippen LogP contribution in [0.2, 0.25) is 0 Å². The Morgan fingerprint density at radius 2 is 2.00 bits per heavy atom. The van der Waals surface area contributed by atoms with E-state index in [1.807, 2.05) is 24.3 Å². The lowest BCUT2D eigenvalue weighted by Crippen LogP contribution is -2.51. The van der Waals surface area contributed by atoms with Gasteiger partial charge in [-0.2, -0.15) is 0 Å². The number of anilines is 1. The fraction of sp³-hybridized carbons (Fsp3) is 0.588. The van der Waals surface area contributed by atoms with Gasteiger partial charge in [0, 0.05) is 18.3 Å². The average molecular weight is 287 g/mol. The van der Waals surface area contributed by atoms with Crippen LogP contribution in [0, 0.1) is 5.92 Å². The number of nitrogen functional groups attached to an aromatic ring is 1. The molecule has 0 aromatic heterocycles.